The Morgan fingerprint density at radius 1 is 1.09 bits per heavy atom. The van der Waals surface area contributed by atoms with E-state index in [4.69, 9.17) is 4.74 Å². The lowest BCUT2D eigenvalue weighted by Crippen LogP contribution is -2.38. The number of ether oxygens (including phenoxy) is 1. The Morgan fingerprint density at radius 2 is 1.75 bits per heavy atom. The first-order valence-corrected chi connectivity index (χ1v) is 10.5. The van der Waals surface area contributed by atoms with Gasteiger partial charge in [0.25, 0.3) is 5.56 Å². The second kappa shape index (κ2) is 8.95. The van der Waals surface area contributed by atoms with Gasteiger partial charge in [-0.15, -0.1) is 0 Å². The normalized spacial score (nSPS) is 11.9. The summed E-state index contributed by atoms with van der Waals surface area (Å²) in [5.74, 6) is -0.139. The molecule has 0 aliphatic carbocycles. The van der Waals surface area contributed by atoms with E-state index in [-0.39, 0.29) is 27.7 Å². The first kappa shape index (κ1) is 23.2. The minimum Gasteiger partial charge on any atom is -0.496 e. The van der Waals surface area contributed by atoms with Gasteiger partial charge in [-0.05, 0) is 19.1 Å². The standard InChI is InChI=1S/C21H23N5O5S/c1-11(27)15(20(29)24(2)3)32-18-14-17(25(4)21(30)26(5)19(14)28)22-16(23-18)12-9-7-8-10-13(12)31-6/h7-10,15H,1-6H3. The molecule has 3 rings (SSSR count). The number of fused-ring (bicyclic) bond motifs is 1. The van der Waals surface area contributed by atoms with Crippen LogP contribution in [0, 0.1) is 0 Å². The number of aryl methyl sites for hydroxylation is 1. The third kappa shape index (κ3) is 4.03. The first-order valence-electron chi connectivity index (χ1n) is 9.57. The van der Waals surface area contributed by atoms with E-state index in [9.17, 15) is 19.2 Å². The predicted molar refractivity (Wildman–Crippen MR) is 121 cm³/mol. The molecule has 10 nitrogen and oxygen atoms in total. The summed E-state index contributed by atoms with van der Waals surface area (Å²) < 4.78 is 7.58. The third-order valence-electron chi connectivity index (χ3n) is 4.88. The molecule has 1 aromatic carbocycles. The average Bonchev–Trinajstić information content (AvgIpc) is 2.78. The molecule has 1 atom stereocenters. The molecule has 0 N–H and O–H groups in total. The lowest BCUT2D eigenvalue weighted by atomic mass is 10.2. The maximum absolute atomic E-state index is 13.0. The highest BCUT2D eigenvalue weighted by molar-refractivity contribution is 8.01. The highest BCUT2D eigenvalue weighted by Gasteiger charge is 2.29. The second-order valence-electron chi connectivity index (χ2n) is 7.30. The van der Waals surface area contributed by atoms with Gasteiger partial charge in [0, 0.05) is 28.2 Å². The fourth-order valence-electron chi connectivity index (χ4n) is 3.12. The van der Waals surface area contributed by atoms with Crippen molar-refractivity contribution in [2.45, 2.75) is 17.2 Å². The number of aromatic nitrogens is 4. The van der Waals surface area contributed by atoms with Crippen LogP contribution in [-0.4, -0.2) is 62.1 Å². The maximum Gasteiger partial charge on any atom is 0.332 e. The van der Waals surface area contributed by atoms with Crippen molar-refractivity contribution in [2.75, 3.05) is 21.2 Å². The SMILES string of the molecule is COc1ccccc1-c1nc(SC(C(C)=O)C(=O)N(C)C)c2c(=O)n(C)c(=O)n(C)c2n1. The monoisotopic (exact) mass is 457 g/mol. The summed E-state index contributed by atoms with van der Waals surface area (Å²) in [4.78, 5) is 60.8. The van der Waals surface area contributed by atoms with Crippen LogP contribution in [0.25, 0.3) is 22.4 Å². The quantitative estimate of drug-likeness (QED) is 0.304. The fraction of sp³-hybridized carbons (Fsp3) is 0.333. The van der Waals surface area contributed by atoms with Gasteiger partial charge in [-0.3, -0.25) is 23.5 Å². The van der Waals surface area contributed by atoms with Gasteiger partial charge < -0.3 is 9.64 Å². The number of amides is 1. The molecule has 1 amide bonds. The molecule has 32 heavy (non-hydrogen) atoms. The first-order chi connectivity index (χ1) is 15.1. The lowest BCUT2D eigenvalue weighted by molar-refractivity contribution is -0.132. The summed E-state index contributed by atoms with van der Waals surface area (Å²) in [5, 5.41) is -0.936. The van der Waals surface area contributed by atoms with Gasteiger partial charge in [0.05, 0.1) is 12.7 Å². The zero-order valence-corrected chi connectivity index (χ0v) is 19.4. The van der Waals surface area contributed by atoms with Gasteiger partial charge in [0.2, 0.25) is 5.91 Å². The zero-order chi connectivity index (χ0) is 23.7. The predicted octanol–water partition coefficient (Wildman–Crippen LogP) is 0.841. The molecular formula is C21H23N5O5S. The topological polar surface area (TPSA) is 116 Å². The Hall–Kier alpha value is -3.47. The summed E-state index contributed by atoms with van der Waals surface area (Å²) in [7, 11) is 7.42. The summed E-state index contributed by atoms with van der Waals surface area (Å²) >= 11 is 0.861. The van der Waals surface area contributed by atoms with E-state index < -0.39 is 22.4 Å². The van der Waals surface area contributed by atoms with Gasteiger partial charge in [-0.2, -0.15) is 0 Å². The van der Waals surface area contributed by atoms with Crippen molar-refractivity contribution >= 4 is 34.5 Å². The van der Waals surface area contributed by atoms with Crippen molar-refractivity contribution in [3.8, 4) is 17.1 Å². The van der Waals surface area contributed by atoms with Gasteiger partial charge >= 0.3 is 5.69 Å². The molecule has 2 heterocycles. The molecular weight excluding hydrogens is 434 g/mol. The number of thioether (sulfide) groups is 1. The Labute approximate surface area is 187 Å². The molecule has 1 unspecified atom stereocenters. The Balaban J connectivity index is 2.39. The number of hydrogen-bond donors (Lipinski definition) is 0. The second-order valence-corrected chi connectivity index (χ2v) is 8.39. The van der Waals surface area contributed by atoms with E-state index in [1.54, 1.807) is 38.4 Å². The number of Topliss-reactive ketones (excluding diaryl/α,β-unsaturated/α-hetero) is 1. The number of rotatable bonds is 6. The van der Waals surface area contributed by atoms with Crippen LogP contribution >= 0.6 is 11.8 Å². The zero-order valence-electron chi connectivity index (χ0n) is 18.6. The number of para-hydroxylation sites is 1. The maximum atomic E-state index is 13.0. The number of nitrogens with zero attached hydrogens (tertiary/aromatic N) is 5. The van der Waals surface area contributed by atoms with Crippen LogP contribution in [-0.2, 0) is 23.7 Å². The van der Waals surface area contributed by atoms with Gasteiger partial charge in [-0.25, -0.2) is 14.8 Å². The van der Waals surface area contributed by atoms with Crippen molar-refractivity contribution in [3.63, 3.8) is 0 Å². The summed E-state index contributed by atoms with van der Waals surface area (Å²) in [6, 6.07) is 7.02. The van der Waals surface area contributed by atoms with Gasteiger partial charge in [0.1, 0.15) is 21.4 Å². The number of benzene rings is 1. The number of methoxy groups -OCH3 is 1. The van der Waals surface area contributed by atoms with Crippen LogP contribution in [0.4, 0.5) is 0 Å². The van der Waals surface area contributed by atoms with E-state index in [0.29, 0.717) is 11.3 Å². The van der Waals surface area contributed by atoms with E-state index in [2.05, 4.69) is 9.97 Å². The smallest absolute Gasteiger partial charge is 0.332 e. The Kier molecular flexibility index (Phi) is 6.49. The number of carbonyl (C=O) groups is 2. The fourth-order valence-corrected chi connectivity index (χ4v) is 4.25. The molecule has 2 aromatic heterocycles. The van der Waals surface area contributed by atoms with Crippen LogP contribution in [0.1, 0.15) is 6.92 Å². The number of ketones is 1. The van der Waals surface area contributed by atoms with E-state index >= 15 is 0 Å². The Bertz CT molecular complexity index is 1340. The molecule has 3 aromatic rings. The molecule has 0 fully saturated rings. The van der Waals surface area contributed by atoms with Crippen LogP contribution in [0.2, 0.25) is 0 Å². The van der Waals surface area contributed by atoms with Gasteiger partial charge in [0.15, 0.2) is 17.3 Å². The van der Waals surface area contributed by atoms with E-state index in [0.717, 1.165) is 16.3 Å². The van der Waals surface area contributed by atoms with Crippen molar-refractivity contribution < 1.29 is 14.3 Å². The molecule has 11 heteroatoms. The largest absolute Gasteiger partial charge is 0.496 e. The van der Waals surface area contributed by atoms with Crippen LogP contribution in [0.15, 0.2) is 38.9 Å². The average molecular weight is 458 g/mol. The molecule has 0 saturated carbocycles. The molecule has 0 bridgehead atoms. The highest BCUT2D eigenvalue weighted by atomic mass is 32.2. The van der Waals surface area contributed by atoms with Crippen molar-refractivity contribution in [2.24, 2.45) is 14.1 Å². The lowest BCUT2D eigenvalue weighted by Gasteiger charge is -2.19. The van der Waals surface area contributed by atoms with Gasteiger partial charge in [-0.1, -0.05) is 23.9 Å². The van der Waals surface area contributed by atoms with Crippen molar-refractivity contribution in [3.05, 3.63) is 45.1 Å². The van der Waals surface area contributed by atoms with Crippen LogP contribution in [0.5, 0.6) is 5.75 Å². The van der Waals surface area contributed by atoms with E-state index in [1.165, 1.54) is 37.6 Å². The molecule has 0 aliphatic heterocycles. The Morgan fingerprint density at radius 3 is 2.34 bits per heavy atom. The number of hydrogen-bond acceptors (Lipinski definition) is 8. The third-order valence-corrected chi connectivity index (χ3v) is 6.17. The van der Waals surface area contributed by atoms with Crippen molar-refractivity contribution in [1.29, 1.82) is 0 Å². The van der Waals surface area contributed by atoms with Crippen LogP contribution < -0.4 is 16.0 Å². The molecule has 0 saturated heterocycles. The number of carbonyl (C=O) groups excluding carboxylic acids is 2. The summed E-state index contributed by atoms with van der Waals surface area (Å²) in [6.07, 6.45) is 0. The van der Waals surface area contributed by atoms with Crippen molar-refractivity contribution in [1.82, 2.24) is 24.0 Å². The summed E-state index contributed by atoms with van der Waals surface area (Å²) in [6.45, 7) is 1.30. The molecule has 0 spiro atoms. The minimum atomic E-state index is -1.12. The molecule has 168 valence electrons. The van der Waals surface area contributed by atoms with E-state index in [1.807, 2.05) is 0 Å². The molecule has 0 aliphatic rings. The summed E-state index contributed by atoms with van der Waals surface area (Å²) in [5.41, 5.74) is -0.548. The van der Waals surface area contributed by atoms with Crippen LogP contribution in [0.3, 0.4) is 0 Å². The minimum absolute atomic E-state index is 0.0519. The highest BCUT2D eigenvalue weighted by Crippen LogP contribution is 2.33. The molecule has 0 radical (unpaired) electrons.